The second-order valence-electron chi connectivity index (χ2n) is 4.57. The first-order chi connectivity index (χ1) is 8.49. The minimum absolute atomic E-state index is 0.0598. The summed E-state index contributed by atoms with van der Waals surface area (Å²) in [4.78, 5) is 24.4. The Balaban J connectivity index is 2.29. The van der Waals surface area contributed by atoms with Gasteiger partial charge in [0.2, 0.25) is 5.91 Å². The number of nitrogens with zero attached hydrogens (tertiary/aromatic N) is 1. The molecule has 1 aromatic carbocycles. The van der Waals surface area contributed by atoms with E-state index in [9.17, 15) is 9.59 Å². The minimum atomic E-state index is -0.933. The van der Waals surface area contributed by atoms with Crippen LogP contribution in [-0.4, -0.2) is 36.1 Å². The van der Waals surface area contributed by atoms with Gasteiger partial charge in [-0.3, -0.25) is 14.9 Å². The molecule has 5 heteroatoms. The molecule has 96 valence electrons. The highest BCUT2D eigenvalue weighted by Gasteiger charge is 2.30. The quantitative estimate of drug-likeness (QED) is 0.808. The molecule has 0 saturated carbocycles. The average molecular weight is 248 g/mol. The van der Waals surface area contributed by atoms with Crippen molar-refractivity contribution in [3.8, 4) is 0 Å². The Morgan fingerprint density at radius 1 is 1.44 bits per heavy atom. The molecule has 2 rings (SSSR count). The molecule has 0 bridgehead atoms. The molecule has 1 aliphatic heterocycles. The van der Waals surface area contributed by atoms with Crippen LogP contribution < -0.4 is 10.2 Å². The van der Waals surface area contributed by atoms with Crippen LogP contribution in [-0.2, 0) is 9.59 Å². The summed E-state index contributed by atoms with van der Waals surface area (Å²) in [6.07, 6.45) is 0. The van der Waals surface area contributed by atoms with Crippen molar-refractivity contribution >= 4 is 17.6 Å². The molecule has 1 fully saturated rings. The minimum Gasteiger partial charge on any atom is -0.480 e. The number of anilines is 1. The molecule has 0 aliphatic carbocycles. The number of benzene rings is 1. The summed E-state index contributed by atoms with van der Waals surface area (Å²) in [5.74, 6) is -1.03. The number of nitrogens with one attached hydrogen (secondary N) is 1. The van der Waals surface area contributed by atoms with Gasteiger partial charge in [0.15, 0.2) is 0 Å². The smallest absolute Gasteiger partial charge is 0.322 e. The fraction of sp³-hybridized carbons (Fsp3) is 0.385. The summed E-state index contributed by atoms with van der Waals surface area (Å²) < 4.78 is 0. The van der Waals surface area contributed by atoms with Crippen molar-refractivity contribution in [2.75, 3.05) is 18.0 Å². The van der Waals surface area contributed by atoms with E-state index < -0.39 is 12.0 Å². The lowest BCUT2D eigenvalue weighted by Gasteiger charge is -2.32. The fourth-order valence-electron chi connectivity index (χ4n) is 2.16. The molecule has 1 amide bonds. The van der Waals surface area contributed by atoms with Gasteiger partial charge in [-0.15, -0.1) is 0 Å². The van der Waals surface area contributed by atoms with Crippen LogP contribution in [0.1, 0.15) is 11.1 Å². The van der Waals surface area contributed by atoms with Crippen molar-refractivity contribution in [2.24, 2.45) is 0 Å². The number of carbonyl (C=O) groups is 2. The lowest BCUT2D eigenvalue weighted by molar-refractivity contribution is -0.139. The highest BCUT2D eigenvalue weighted by Crippen LogP contribution is 2.22. The number of carboxylic acids is 1. The summed E-state index contributed by atoms with van der Waals surface area (Å²) in [6.45, 7) is 4.13. The number of aryl methyl sites for hydroxylation is 2. The van der Waals surface area contributed by atoms with Crippen molar-refractivity contribution in [1.82, 2.24) is 5.32 Å². The second-order valence-corrected chi connectivity index (χ2v) is 4.57. The standard InChI is InChI=1S/C13H16N2O3/c1-8-3-4-11(9(2)5-8)15-7-10(13(17)18)14-6-12(15)16/h3-5,10,14H,6-7H2,1-2H3,(H,17,18). The molecule has 2 N–H and O–H groups in total. The first kappa shape index (κ1) is 12.6. The largest absolute Gasteiger partial charge is 0.480 e. The van der Waals surface area contributed by atoms with E-state index in [-0.39, 0.29) is 19.0 Å². The predicted octanol–water partition coefficient (Wildman–Crippen LogP) is 0.693. The van der Waals surface area contributed by atoms with E-state index in [2.05, 4.69) is 5.32 Å². The summed E-state index contributed by atoms with van der Waals surface area (Å²) in [5.41, 5.74) is 2.89. The van der Waals surface area contributed by atoms with Crippen LogP contribution in [0.4, 0.5) is 5.69 Å². The third-order valence-corrected chi connectivity index (χ3v) is 3.11. The fourth-order valence-corrected chi connectivity index (χ4v) is 2.16. The van der Waals surface area contributed by atoms with E-state index in [0.29, 0.717) is 0 Å². The zero-order valence-corrected chi connectivity index (χ0v) is 10.4. The molecule has 0 aromatic heterocycles. The van der Waals surface area contributed by atoms with Gasteiger partial charge in [-0.05, 0) is 25.5 Å². The zero-order valence-electron chi connectivity index (χ0n) is 10.4. The molecule has 5 nitrogen and oxygen atoms in total. The number of aliphatic carboxylic acids is 1. The van der Waals surface area contributed by atoms with E-state index in [4.69, 9.17) is 5.11 Å². The Morgan fingerprint density at radius 2 is 2.17 bits per heavy atom. The van der Waals surface area contributed by atoms with Crippen molar-refractivity contribution < 1.29 is 14.7 Å². The highest BCUT2D eigenvalue weighted by molar-refractivity contribution is 5.98. The second kappa shape index (κ2) is 4.78. The summed E-state index contributed by atoms with van der Waals surface area (Å²) >= 11 is 0. The Labute approximate surface area is 105 Å². The van der Waals surface area contributed by atoms with Gasteiger partial charge in [0, 0.05) is 5.69 Å². The first-order valence-corrected chi connectivity index (χ1v) is 5.83. The first-order valence-electron chi connectivity index (χ1n) is 5.83. The molecule has 1 unspecified atom stereocenters. The molecule has 0 spiro atoms. The van der Waals surface area contributed by atoms with Gasteiger partial charge in [-0.2, -0.15) is 0 Å². The van der Waals surface area contributed by atoms with Gasteiger partial charge in [0.1, 0.15) is 6.04 Å². The summed E-state index contributed by atoms with van der Waals surface area (Å²) in [6, 6.07) is 5.07. The Morgan fingerprint density at radius 3 is 2.78 bits per heavy atom. The number of hydrogen-bond acceptors (Lipinski definition) is 3. The van der Waals surface area contributed by atoms with Crippen LogP contribution in [0.3, 0.4) is 0 Å². The number of amides is 1. The van der Waals surface area contributed by atoms with Crippen molar-refractivity contribution in [3.05, 3.63) is 29.3 Å². The normalized spacial score (nSPS) is 20.0. The van der Waals surface area contributed by atoms with Gasteiger partial charge in [-0.25, -0.2) is 0 Å². The zero-order chi connectivity index (χ0) is 13.3. The summed E-state index contributed by atoms with van der Waals surface area (Å²) in [7, 11) is 0. The molecule has 1 aliphatic rings. The van der Waals surface area contributed by atoms with Crippen LogP contribution in [0.15, 0.2) is 18.2 Å². The van der Waals surface area contributed by atoms with Crippen LogP contribution in [0.5, 0.6) is 0 Å². The average Bonchev–Trinajstić information content (AvgIpc) is 2.30. The Hall–Kier alpha value is -1.88. The molecule has 0 radical (unpaired) electrons. The van der Waals surface area contributed by atoms with Crippen molar-refractivity contribution in [3.63, 3.8) is 0 Å². The maximum atomic E-state index is 11.9. The molecular weight excluding hydrogens is 232 g/mol. The maximum absolute atomic E-state index is 11.9. The van der Waals surface area contributed by atoms with Crippen molar-refractivity contribution in [2.45, 2.75) is 19.9 Å². The lowest BCUT2D eigenvalue weighted by Crippen LogP contribution is -2.57. The van der Waals surface area contributed by atoms with Gasteiger partial charge >= 0.3 is 5.97 Å². The third kappa shape index (κ3) is 2.36. The van der Waals surface area contributed by atoms with Gasteiger partial charge in [0.05, 0.1) is 13.1 Å². The summed E-state index contributed by atoms with van der Waals surface area (Å²) in [5, 5.41) is 11.7. The van der Waals surface area contributed by atoms with E-state index in [0.717, 1.165) is 16.8 Å². The van der Waals surface area contributed by atoms with E-state index in [1.807, 2.05) is 32.0 Å². The van der Waals surface area contributed by atoms with Crippen LogP contribution >= 0.6 is 0 Å². The van der Waals surface area contributed by atoms with Gasteiger partial charge in [-0.1, -0.05) is 17.7 Å². The SMILES string of the molecule is Cc1ccc(N2CC(C(=O)O)NCC2=O)c(C)c1. The number of piperazine rings is 1. The Bertz CT molecular complexity index is 499. The number of carboxylic acid groups (broad SMARTS) is 1. The molecule has 1 aromatic rings. The third-order valence-electron chi connectivity index (χ3n) is 3.11. The molecule has 1 heterocycles. The molecule has 1 atom stereocenters. The molecular formula is C13H16N2O3. The molecule has 1 saturated heterocycles. The van der Waals surface area contributed by atoms with E-state index in [1.54, 1.807) is 4.90 Å². The topological polar surface area (TPSA) is 69.6 Å². The predicted molar refractivity (Wildman–Crippen MR) is 67.7 cm³/mol. The number of rotatable bonds is 2. The molecule has 18 heavy (non-hydrogen) atoms. The van der Waals surface area contributed by atoms with Crippen LogP contribution in [0, 0.1) is 13.8 Å². The number of carbonyl (C=O) groups excluding carboxylic acids is 1. The van der Waals surface area contributed by atoms with Crippen LogP contribution in [0.2, 0.25) is 0 Å². The van der Waals surface area contributed by atoms with Crippen LogP contribution in [0.25, 0.3) is 0 Å². The van der Waals surface area contributed by atoms with Crippen molar-refractivity contribution in [1.29, 1.82) is 0 Å². The monoisotopic (exact) mass is 248 g/mol. The van der Waals surface area contributed by atoms with E-state index >= 15 is 0 Å². The number of hydrogen-bond donors (Lipinski definition) is 2. The maximum Gasteiger partial charge on any atom is 0.322 e. The van der Waals surface area contributed by atoms with Gasteiger partial charge < -0.3 is 10.0 Å². The van der Waals surface area contributed by atoms with Gasteiger partial charge in [0.25, 0.3) is 0 Å². The Kier molecular flexibility index (Phi) is 3.34. The highest BCUT2D eigenvalue weighted by atomic mass is 16.4. The van der Waals surface area contributed by atoms with E-state index in [1.165, 1.54) is 0 Å². The lowest BCUT2D eigenvalue weighted by atomic mass is 10.1.